The zero-order valence-corrected chi connectivity index (χ0v) is 11.9. The quantitative estimate of drug-likeness (QED) is 0.801. The lowest BCUT2D eigenvalue weighted by molar-refractivity contribution is 0.147. The van der Waals surface area contributed by atoms with Gasteiger partial charge >= 0.3 is 0 Å². The monoisotopic (exact) mass is 285 g/mol. The van der Waals surface area contributed by atoms with Gasteiger partial charge in [0.15, 0.2) is 0 Å². The molecule has 1 rings (SSSR count). The molecular weight excluding hydrogens is 266 g/mol. The van der Waals surface area contributed by atoms with Crippen molar-refractivity contribution in [1.29, 1.82) is 0 Å². The zero-order chi connectivity index (χ0) is 12.0. The fourth-order valence-corrected chi connectivity index (χ4v) is 2.49. The third-order valence-electron chi connectivity index (χ3n) is 2.40. The maximum Gasteiger partial charge on any atom is 0.0514 e. The lowest BCUT2D eigenvalue weighted by Gasteiger charge is -2.12. The highest BCUT2D eigenvalue weighted by molar-refractivity contribution is 9.10. The molecule has 16 heavy (non-hydrogen) atoms. The number of anilines is 1. The molecule has 0 saturated carbocycles. The summed E-state index contributed by atoms with van der Waals surface area (Å²) in [5.41, 5.74) is 3.76. The summed E-state index contributed by atoms with van der Waals surface area (Å²) in [7, 11) is 0. The van der Waals surface area contributed by atoms with Crippen molar-refractivity contribution in [3.05, 3.63) is 27.7 Å². The first-order valence-corrected chi connectivity index (χ1v) is 6.52. The van der Waals surface area contributed by atoms with Crippen molar-refractivity contribution < 1.29 is 4.74 Å². The summed E-state index contributed by atoms with van der Waals surface area (Å²) >= 11 is 3.59. The summed E-state index contributed by atoms with van der Waals surface area (Å²) < 4.78 is 6.44. The summed E-state index contributed by atoms with van der Waals surface area (Å²) in [6, 6.07) is 4.33. The topological polar surface area (TPSA) is 21.3 Å². The number of aryl methyl sites for hydroxylation is 2. The van der Waals surface area contributed by atoms with Crippen molar-refractivity contribution in [2.24, 2.45) is 0 Å². The standard InChI is InChI=1S/C13H20BrNO/c1-4-16-7-5-6-15-13-11(3)8-10(2)9-12(13)14/h8-9,15H,4-7H2,1-3H3. The maximum atomic E-state index is 5.30. The van der Waals surface area contributed by atoms with Crippen LogP contribution >= 0.6 is 15.9 Å². The molecule has 2 nitrogen and oxygen atoms in total. The van der Waals surface area contributed by atoms with Crippen LogP contribution in [0.25, 0.3) is 0 Å². The predicted molar refractivity (Wildman–Crippen MR) is 73.2 cm³/mol. The molecule has 0 aliphatic heterocycles. The van der Waals surface area contributed by atoms with Gasteiger partial charge in [-0.15, -0.1) is 0 Å². The van der Waals surface area contributed by atoms with Crippen molar-refractivity contribution in [2.75, 3.05) is 25.1 Å². The molecule has 0 heterocycles. The van der Waals surface area contributed by atoms with E-state index in [1.807, 2.05) is 6.92 Å². The highest BCUT2D eigenvalue weighted by Gasteiger charge is 2.03. The molecule has 90 valence electrons. The van der Waals surface area contributed by atoms with Crippen molar-refractivity contribution in [3.63, 3.8) is 0 Å². The first-order chi connectivity index (χ1) is 7.65. The Bertz CT molecular complexity index is 316. The Kier molecular flexibility index (Phi) is 5.85. The molecule has 0 bridgehead atoms. The molecule has 0 amide bonds. The van der Waals surface area contributed by atoms with Crippen LogP contribution in [-0.2, 0) is 4.74 Å². The van der Waals surface area contributed by atoms with Gasteiger partial charge in [-0.2, -0.15) is 0 Å². The molecule has 3 heteroatoms. The molecule has 0 aliphatic rings. The smallest absolute Gasteiger partial charge is 0.0514 e. The molecule has 0 spiro atoms. The largest absolute Gasteiger partial charge is 0.384 e. The number of ether oxygens (including phenoxy) is 1. The number of benzene rings is 1. The van der Waals surface area contributed by atoms with Gasteiger partial charge < -0.3 is 10.1 Å². The third-order valence-corrected chi connectivity index (χ3v) is 3.03. The highest BCUT2D eigenvalue weighted by Crippen LogP contribution is 2.27. The van der Waals surface area contributed by atoms with E-state index in [9.17, 15) is 0 Å². The number of halogens is 1. The fraction of sp³-hybridized carbons (Fsp3) is 0.538. The van der Waals surface area contributed by atoms with E-state index in [2.05, 4.69) is 47.2 Å². The Morgan fingerprint density at radius 3 is 2.69 bits per heavy atom. The number of nitrogens with one attached hydrogen (secondary N) is 1. The number of hydrogen-bond donors (Lipinski definition) is 1. The van der Waals surface area contributed by atoms with E-state index in [0.29, 0.717) is 0 Å². The van der Waals surface area contributed by atoms with Crippen LogP contribution in [0.3, 0.4) is 0 Å². The average molecular weight is 286 g/mol. The molecule has 1 aromatic carbocycles. The van der Waals surface area contributed by atoms with Crippen LogP contribution in [0.5, 0.6) is 0 Å². The van der Waals surface area contributed by atoms with Gasteiger partial charge in [0, 0.05) is 24.2 Å². The Labute approximate surface area is 107 Å². The minimum atomic E-state index is 0.799. The van der Waals surface area contributed by atoms with Gasteiger partial charge in [0.1, 0.15) is 0 Å². The lowest BCUT2D eigenvalue weighted by Crippen LogP contribution is -2.07. The van der Waals surface area contributed by atoms with Crippen LogP contribution < -0.4 is 5.32 Å². The van der Waals surface area contributed by atoms with E-state index in [0.717, 1.165) is 30.7 Å². The van der Waals surface area contributed by atoms with E-state index in [1.54, 1.807) is 0 Å². The van der Waals surface area contributed by atoms with Crippen LogP contribution in [0.1, 0.15) is 24.5 Å². The fourth-order valence-electron chi connectivity index (χ4n) is 1.67. The van der Waals surface area contributed by atoms with Crippen LogP contribution in [0.2, 0.25) is 0 Å². The van der Waals surface area contributed by atoms with E-state index >= 15 is 0 Å². The molecule has 1 N–H and O–H groups in total. The van der Waals surface area contributed by atoms with Crippen LogP contribution in [-0.4, -0.2) is 19.8 Å². The summed E-state index contributed by atoms with van der Waals surface area (Å²) in [6.07, 6.45) is 1.04. The molecule has 0 unspecified atom stereocenters. The Morgan fingerprint density at radius 1 is 1.31 bits per heavy atom. The van der Waals surface area contributed by atoms with Crippen molar-refractivity contribution >= 4 is 21.6 Å². The van der Waals surface area contributed by atoms with Gasteiger partial charge in [0.05, 0.1) is 5.69 Å². The molecule has 0 aliphatic carbocycles. The molecule has 0 fully saturated rings. The van der Waals surface area contributed by atoms with Crippen LogP contribution in [0.4, 0.5) is 5.69 Å². The SMILES string of the molecule is CCOCCCNc1c(C)cc(C)cc1Br. The van der Waals surface area contributed by atoms with Crippen molar-refractivity contribution in [1.82, 2.24) is 0 Å². The lowest BCUT2D eigenvalue weighted by atomic mass is 10.1. The summed E-state index contributed by atoms with van der Waals surface area (Å²) in [4.78, 5) is 0. The van der Waals surface area contributed by atoms with E-state index in [4.69, 9.17) is 4.74 Å². The van der Waals surface area contributed by atoms with Crippen molar-refractivity contribution in [3.8, 4) is 0 Å². The van der Waals surface area contributed by atoms with E-state index in [1.165, 1.54) is 16.8 Å². The van der Waals surface area contributed by atoms with Gasteiger partial charge in [-0.25, -0.2) is 0 Å². The molecule has 0 radical (unpaired) electrons. The Hall–Kier alpha value is -0.540. The summed E-state index contributed by atoms with van der Waals surface area (Å²) in [5.74, 6) is 0. The van der Waals surface area contributed by atoms with E-state index in [-0.39, 0.29) is 0 Å². The average Bonchev–Trinajstić information content (AvgIpc) is 2.20. The molecule has 0 aromatic heterocycles. The van der Waals surface area contributed by atoms with Crippen LogP contribution in [0.15, 0.2) is 16.6 Å². The molecule has 1 aromatic rings. The molecule has 0 atom stereocenters. The zero-order valence-electron chi connectivity index (χ0n) is 10.3. The number of rotatable bonds is 6. The second kappa shape index (κ2) is 6.92. The first-order valence-electron chi connectivity index (χ1n) is 5.73. The van der Waals surface area contributed by atoms with E-state index < -0.39 is 0 Å². The third kappa shape index (κ3) is 4.14. The van der Waals surface area contributed by atoms with Crippen molar-refractivity contribution in [2.45, 2.75) is 27.2 Å². The number of hydrogen-bond acceptors (Lipinski definition) is 2. The minimum Gasteiger partial charge on any atom is -0.384 e. The predicted octanol–water partition coefficient (Wildman–Crippen LogP) is 3.90. The molecular formula is C13H20BrNO. The van der Waals surface area contributed by atoms with Gasteiger partial charge in [0.2, 0.25) is 0 Å². The minimum absolute atomic E-state index is 0.799. The maximum absolute atomic E-state index is 5.30. The Morgan fingerprint density at radius 2 is 2.06 bits per heavy atom. The second-order valence-electron chi connectivity index (χ2n) is 3.92. The summed E-state index contributed by atoms with van der Waals surface area (Å²) in [5, 5.41) is 3.44. The molecule has 0 saturated heterocycles. The van der Waals surface area contributed by atoms with Gasteiger partial charge in [-0.3, -0.25) is 0 Å². The Balaban J connectivity index is 2.47. The highest BCUT2D eigenvalue weighted by atomic mass is 79.9. The first kappa shape index (κ1) is 13.5. The second-order valence-corrected chi connectivity index (χ2v) is 4.77. The summed E-state index contributed by atoms with van der Waals surface area (Å²) in [6.45, 7) is 8.83. The van der Waals surface area contributed by atoms with Gasteiger partial charge in [-0.05, 0) is 60.3 Å². The van der Waals surface area contributed by atoms with Gasteiger partial charge in [-0.1, -0.05) is 6.07 Å². The van der Waals surface area contributed by atoms with Crippen LogP contribution in [0, 0.1) is 13.8 Å². The van der Waals surface area contributed by atoms with Gasteiger partial charge in [0.25, 0.3) is 0 Å². The normalized spacial score (nSPS) is 10.5.